The van der Waals surface area contributed by atoms with Crippen molar-refractivity contribution in [3.8, 4) is 0 Å². The lowest BCUT2D eigenvalue weighted by Gasteiger charge is -2.24. The third-order valence-electron chi connectivity index (χ3n) is 3.04. The number of hydrogen-bond donors (Lipinski definition) is 1. The first kappa shape index (κ1) is 14.4. The fraction of sp³-hybridized carbons (Fsp3) is 0.200. The fourth-order valence-corrected chi connectivity index (χ4v) is 2.24. The predicted octanol–water partition coefficient (Wildman–Crippen LogP) is 2.88. The van der Waals surface area contributed by atoms with Crippen molar-refractivity contribution in [3.05, 3.63) is 59.7 Å². The molecule has 2 rings (SSSR count). The molecular formula is C15H16FN3S. The fourth-order valence-electron chi connectivity index (χ4n) is 2.05. The highest BCUT2D eigenvalue weighted by Gasteiger charge is 2.11. The van der Waals surface area contributed by atoms with E-state index in [4.69, 9.17) is 18.0 Å². The van der Waals surface area contributed by atoms with Gasteiger partial charge in [0, 0.05) is 30.5 Å². The second-order valence-corrected chi connectivity index (χ2v) is 4.81. The Bertz CT molecular complexity index is 616. The van der Waals surface area contributed by atoms with Gasteiger partial charge in [-0.2, -0.15) is 0 Å². The molecule has 20 heavy (non-hydrogen) atoms. The average Bonchev–Trinajstić information content (AvgIpc) is 2.45. The molecule has 0 atom stereocenters. The van der Waals surface area contributed by atoms with Gasteiger partial charge in [-0.05, 0) is 31.2 Å². The minimum atomic E-state index is -0.248. The minimum absolute atomic E-state index is 0.248. The summed E-state index contributed by atoms with van der Waals surface area (Å²) >= 11 is 5.01. The van der Waals surface area contributed by atoms with Gasteiger partial charge in [0.05, 0.1) is 0 Å². The Morgan fingerprint density at radius 3 is 2.80 bits per heavy atom. The van der Waals surface area contributed by atoms with Gasteiger partial charge in [0.25, 0.3) is 0 Å². The van der Waals surface area contributed by atoms with Gasteiger partial charge >= 0.3 is 0 Å². The van der Waals surface area contributed by atoms with Crippen molar-refractivity contribution in [2.75, 3.05) is 11.4 Å². The molecule has 0 fully saturated rings. The summed E-state index contributed by atoms with van der Waals surface area (Å²) in [4.78, 5) is 6.53. The number of hydrogen-bond acceptors (Lipinski definition) is 3. The van der Waals surface area contributed by atoms with Gasteiger partial charge in [0.15, 0.2) is 0 Å². The van der Waals surface area contributed by atoms with E-state index in [0.29, 0.717) is 12.2 Å². The summed E-state index contributed by atoms with van der Waals surface area (Å²) in [7, 11) is 0. The lowest BCUT2D eigenvalue weighted by atomic mass is 10.1. The van der Waals surface area contributed by atoms with Crippen LogP contribution in [-0.2, 0) is 6.54 Å². The summed E-state index contributed by atoms with van der Waals surface area (Å²) < 4.78 is 13.3. The number of rotatable bonds is 5. The van der Waals surface area contributed by atoms with Crippen molar-refractivity contribution >= 4 is 22.9 Å². The van der Waals surface area contributed by atoms with Crippen molar-refractivity contribution in [3.63, 3.8) is 0 Å². The molecule has 0 unspecified atom stereocenters. The van der Waals surface area contributed by atoms with Crippen LogP contribution in [0.4, 0.5) is 10.1 Å². The molecule has 0 bridgehead atoms. The lowest BCUT2D eigenvalue weighted by Crippen LogP contribution is -2.25. The van der Waals surface area contributed by atoms with Gasteiger partial charge in [-0.3, -0.25) is 4.98 Å². The van der Waals surface area contributed by atoms with E-state index < -0.39 is 0 Å². The number of halogens is 1. The molecule has 3 nitrogen and oxygen atoms in total. The van der Waals surface area contributed by atoms with Crippen LogP contribution in [0.3, 0.4) is 0 Å². The Morgan fingerprint density at radius 2 is 2.15 bits per heavy atom. The van der Waals surface area contributed by atoms with Crippen molar-refractivity contribution < 1.29 is 4.39 Å². The van der Waals surface area contributed by atoms with Crippen molar-refractivity contribution in [2.45, 2.75) is 13.5 Å². The summed E-state index contributed by atoms with van der Waals surface area (Å²) in [6.07, 6.45) is 1.66. The van der Waals surface area contributed by atoms with Gasteiger partial charge in [-0.15, -0.1) is 0 Å². The van der Waals surface area contributed by atoms with Crippen molar-refractivity contribution in [2.24, 2.45) is 5.73 Å². The highest BCUT2D eigenvalue weighted by Crippen LogP contribution is 2.19. The summed E-state index contributed by atoms with van der Waals surface area (Å²) in [5, 5.41) is 0. The molecule has 1 heterocycles. The highest BCUT2D eigenvalue weighted by molar-refractivity contribution is 7.80. The number of aromatic nitrogens is 1. The zero-order valence-corrected chi connectivity index (χ0v) is 12.0. The van der Waals surface area contributed by atoms with Crippen LogP contribution in [0, 0.1) is 5.82 Å². The van der Waals surface area contributed by atoms with E-state index in [2.05, 4.69) is 4.98 Å². The zero-order chi connectivity index (χ0) is 14.5. The van der Waals surface area contributed by atoms with E-state index in [0.717, 1.165) is 17.8 Å². The molecule has 0 aliphatic carbocycles. The summed E-state index contributed by atoms with van der Waals surface area (Å²) in [5.74, 6) is -0.248. The van der Waals surface area contributed by atoms with E-state index in [1.54, 1.807) is 12.3 Å². The Labute approximate surface area is 123 Å². The lowest BCUT2D eigenvalue weighted by molar-refractivity contribution is 0.626. The average molecular weight is 289 g/mol. The summed E-state index contributed by atoms with van der Waals surface area (Å²) in [6.45, 7) is 3.34. The molecular weight excluding hydrogens is 273 g/mol. The Balaban J connectivity index is 2.29. The maximum absolute atomic E-state index is 13.3. The number of benzene rings is 1. The monoisotopic (exact) mass is 289 g/mol. The molecule has 2 aromatic rings. The van der Waals surface area contributed by atoms with E-state index in [1.807, 2.05) is 30.0 Å². The number of nitrogens with zero attached hydrogens (tertiary/aromatic N) is 2. The largest absolute Gasteiger partial charge is 0.388 e. The molecule has 0 saturated heterocycles. The molecule has 2 N–H and O–H groups in total. The van der Waals surface area contributed by atoms with E-state index in [1.165, 1.54) is 12.1 Å². The maximum atomic E-state index is 13.3. The smallest absolute Gasteiger partial charge is 0.125 e. The number of anilines is 1. The molecule has 0 radical (unpaired) electrons. The first-order chi connectivity index (χ1) is 9.61. The summed E-state index contributed by atoms with van der Waals surface area (Å²) in [6, 6.07) is 10.3. The first-order valence-electron chi connectivity index (χ1n) is 6.36. The Hall–Kier alpha value is -2.01. The second kappa shape index (κ2) is 6.43. The minimum Gasteiger partial charge on any atom is -0.388 e. The molecule has 0 aliphatic rings. The Morgan fingerprint density at radius 1 is 1.35 bits per heavy atom. The molecule has 0 spiro atoms. The maximum Gasteiger partial charge on any atom is 0.125 e. The van der Waals surface area contributed by atoms with Gasteiger partial charge < -0.3 is 10.6 Å². The third-order valence-corrected chi connectivity index (χ3v) is 3.23. The predicted molar refractivity (Wildman–Crippen MR) is 83.2 cm³/mol. The second-order valence-electron chi connectivity index (χ2n) is 4.37. The highest BCUT2D eigenvalue weighted by atomic mass is 32.1. The van der Waals surface area contributed by atoms with E-state index in [-0.39, 0.29) is 10.8 Å². The van der Waals surface area contributed by atoms with Gasteiger partial charge in [-0.1, -0.05) is 24.4 Å². The molecule has 5 heteroatoms. The number of pyridine rings is 1. The molecule has 0 aliphatic heterocycles. The molecule has 0 saturated carbocycles. The normalized spacial score (nSPS) is 10.3. The van der Waals surface area contributed by atoms with Crippen LogP contribution < -0.4 is 10.6 Å². The van der Waals surface area contributed by atoms with E-state index >= 15 is 0 Å². The van der Waals surface area contributed by atoms with Crippen LogP contribution in [0.15, 0.2) is 42.6 Å². The number of nitrogens with two attached hydrogens (primary N) is 1. The summed E-state index contributed by atoms with van der Waals surface area (Å²) in [5.41, 5.74) is 8.07. The number of thiocarbonyl (C=S) groups is 1. The molecule has 1 aromatic carbocycles. The van der Waals surface area contributed by atoms with Crippen LogP contribution in [0.1, 0.15) is 18.2 Å². The van der Waals surface area contributed by atoms with Crippen LogP contribution in [0.2, 0.25) is 0 Å². The van der Waals surface area contributed by atoms with Crippen LogP contribution >= 0.6 is 12.2 Å². The van der Waals surface area contributed by atoms with Crippen molar-refractivity contribution in [1.82, 2.24) is 4.98 Å². The van der Waals surface area contributed by atoms with Crippen LogP contribution in [0.25, 0.3) is 0 Å². The van der Waals surface area contributed by atoms with Gasteiger partial charge in [0.2, 0.25) is 0 Å². The zero-order valence-electron chi connectivity index (χ0n) is 11.2. The standard InChI is InChI=1S/C15H16FN3S/c1-2-19(13-7-3-6-12(16)9-13)10-11-5-4-8-18-14(11)15(17)20/h3-9H,2,10H2,1H3,(H2,17,20). The van der Waals surface area contributed by atoms with Crippen molar-refractivity contribution in [1.29, 1.82) is 0 Å². The van der Waals surface area contributed by atoms with E-state index in [9.17, 15) is 4.39 Å². The molecule has 1 aromatic heterocycles. The third kappa shape index (κ3) is 3.30. The SMILES string of the molecule is CCN(Cc1cccnc1C(N)=S)c1cccc(F)c1. The van der Waals surface area contributed by atoms with Gasteiger partial charge in [0.1, 0.15) is 16.5 Å². The molecule has 0 amide bonds. The van der Waals surface area contributed by atoms with Gasteiger partial charge in [-0.25, -0.2) is 4.39 Å². The van der Waals surface area contributed by atoms with Crippen LogP contribution in [0.5, 0.6) is 0 Å². The topological polar surface area (TPSA) is 42.2 Å². The Kier molecular flexibility index (Phi) is 4.63. The first-order valence-corrected chi connectivity index (χ1v) is 6.77. The molecule has 104 valence electrons. The quantitative estimate of drug-likeness (QED) is 0.859. The van der Waals surface area contributed by atoms with Crippen LogP contribution in [-0.4, -0.2) is 16.5 Å².